The van der Waals surface area contributed by atoms with Gasteiger partial charge in [-0.05, 0) is 51.9 Å². The predicted molar refractivity (Wildman–Crippen MR) is 76.3 cm³/mol. The topological polar surface area (TPSA) is 26.7 Å². The Bertz CT molecular complexity index is 431. The van der Waals surface area contributed by atoms with Crippen molar-refractivity contribution >= 4 is 7.05 Å². The molecule has 0 aliphatic carbocycles. The van der Waals surface area contributed by atoms with E-state index in [-0.39, 0.29) is 12.1 Å². The molecule has 6 heteroatoms. The molecule has 0 aromatic heterocycles. The van der Waals surface area contributed by atoms with E-state index in [0.717, 1.165) is 25.9 Å². The average molecular weight is 282 g/mol. The number of rotatable bonds is 4. The first-order chi connectivity index (χ1) is 9.49. The molecule has 0 atom stereocenters. The van der Waals surface area contributed by atoms with Crippen molar-refractivity contribution in [2.45, 2.75) is 32.3 Å². The minimum atomic E-state index is -0.488. The summed E-state index contributed by atoms with van der Waals surface area (Å²) in [4.78, 5) is 4.01. The van der Waals surface area contributed by atoms with Gasteiger partial charge in [-0.15, -0.1) is 0 Å². The standard InChI is InChI=1S/C14H21BF2N2O/c1-15(20)19-8-6-11(7-9-19)18(2)10-12-13(16)4-3-5-14(12)17/h3-5,11,20H,6-10H2,1-2H3. The summed E-state index contributed by atoms with van der Waals surface area (Å²) in [5.74, 6) is -0.975. The van der Waals surface area contributed by atoms with Crippen LogP contribution in [0.2, 0.25) is 6.82 Å². The van der Waals surface area contributed by atoms with Crippen LogP contribution in [0, 0.1) is 11.6 Å². The normalized spacial score (nSPS) is 17.7. The summed E-state index contributed by atoms with van der Waals surface area (Å²) in [6.07, 6.45) is 1.80. The van der Waals surface area contributed by atoms with Gasteiger partial charge in [0.2, 0.25) is 0 Å². The van der Waals surface area contributed by atoms with Crippen LogP contribution in [0.1, 0.15) is 18.4 Å². The second-order valence-corrected chi connectivity index (χ2v) is 5.51. The van der Waals surface area contributed by atoms with Gasteiger partial charge in [-0.1, -0.05) is 6.07 Å². The van der Waals surface area contributed by atoms with Crippen LogP contribution < -0.4 is 0 Å². The van der Waals surface area contributed by atoms with Gasteiger partial charge in [0.1, 0.15) is 11.6 Å². The highest BCUT2D eigenvalue weighted by atomic mass is 19.1. The molecule has 0 saturated carbocycles. The number of benzene rings is 1. The van der Waals surface area contributed by atoms with Gasteiger partial charge < -0.3 is 9.83 Å². The lowest BCUT2D eigenvalue weighted by molar-refractivity contribution is 0.152. The number of nitrogens with zero attached hydrogens (tertiary/aromatic N) is 2. The van der Waals surface area contributed by atoms with Gasteiger partial charge in [0, 0.05) is 18.2 Å². The monoisotopic (exact) mass is 282 g/mol. The van der Waals surface area contributed by atoms with Crippen molar-refractivity contribution in [1.29, 1.82) is 0 Å². The molecular weight excluding hydrogens is 261 g/mol. The fourth-order valence-corrected chi connectivity index (χ4v) is 2.76. The van der Waals surface area contributed by atoms with E-state index in [4.69, 9.17) is 0 Å². The zero-order valence-electron chi connectivity index (χ0n) is 12.0. The SMILES string of the molecule is CB(O)N1CCC(N(C)Cc2c(F)cccc2F)CC1. The minimum Gasteiger partial charge on any atom is -0.437 e. The Hall–Kier alpha value is -0.975. The van der Waals surface area contributed by atoms with Crippen molar-refractivity contribution in [3.05, 3.63) is 35.4 Å². The molecule has 1 aromatic rings. The Morgan fingerprint density at radius 2 is 1.85 bits per heavy atom. The molecule has 1 aromatic carbocycles. The highest BCUT2D eigenvalue weighted by Crippen LogP contribution is 2.20. The van der Waals surface area contributed by atoms with E-state index in [1.54, 1.807) is 6.82 Å². The summed E-state index contributed by atoms with van der Waals surface area (Å²) in [6, 6.07) is 4.27. The third-order valence-electron chi connectivity index (χ3n) is 4.12. The van der Waals surface area contributed by atoms with Gasteiger partial charge in [-0.2, -0.15) is 0 Å². The number of hydrogen-bond donors (Lipinski definition) is 1. The van der Waals surface area contributed by atoms with Crippen LogP contribution in [0.25, 0.3) is 0 Å². The van der Waals surface area contributed by atoms with E-state index >= 15 is 0 Å². The van der Waals surface area contributed by atoms with Crippen LogP contribution in [0.5, 0.6) is 0 Å². The van der Waals surface area contributed by atoms with Gasteiger partial charge in [-0.25, -0.2) is 8.78 Å². The number of halogens is 2. The minimum absolute atomic E-state index is 0.132. The summed E-state index contributed by atoms with van der Waals surface area (Å²) in [6.45, 7) is 3.66. The molecule has 110 valence electrons. The van der Waals surface area contributed by atoms with Crippen LogP contribution in [0.15, 0.2) is 18.2 Å². The van der Waals surface area contributed by atoms with Crippen molar-refractivity contribution in [3.63, 3.8) is 0 Å². The van der Waals surface area contributed by atoms with Gasteiger partial charge in [0.25, 0.3) is 0 Å². The Kier molecular flexibility index (Phi) is 5.13. The van der Waals surface area contributed by atoms with Crippen molar-refractivity contribution < 1.29 is 13.8 Å². The molecule has 1 aliphatic heterocycles. The van der Waals surface area contributed by atoms with Crippen LogP contribution >= 0.6 is 0 Å². The molecule has 0 amide bonds. The third kappa shape index (κ3) is 3.56. The summed E-state index contributed by atoms with van der Waals surface area (Å²) in [5, 5.41) is 9.52. The first kappa shape index (κ1) is 15.4. The number of hydrogen-bond acceptors (Lipinski definition) is 3. The lowest BCUT2D eigenvalue weighted by atomic mass is 9.82. The molecule has 1 N–H and O–H groups in total. The molecular formula is C14H21BF2N2O. The molecule has 2 rings (SSSR count). The second-order valence-electron chi connectivity index (χ2n) is 5.51. The summed E-state index contributed by atoms with van der Waals surface area (Å²) in [5.41, 5.74) is 0.132. The number of piperidine rings is 1. The van der Waals surface area contributed by atoms with E-state index in [1.165, 1.54) is 18.2 Å². The van der Waals surface area contributed by atoms with Crippen molar-refractivity contribution in [2.75, 3.05) is 20.1 Å². The van der Waals surface area contributed by atoms with E-state index < -0.39 is 18.7 Å². The third-order valence-corrected chi connectivity index (χ3v) is 4.12. The highest BCUT2D eigenvalue weighted by Gasteiger charge is 2.26. The fraction of sp³-hybridized carbons (Fsp3) is 0.571. The van der Waals surface area contributed by atoms with Crippen LogP contribution in [-0.4, -0.2) is 48.0 Å². The molecule has 3 nitrogen and oxygen atoms in total. The molecule has 0 unspecified atom stereocenters. The predicted octanol–water partition coefficient (Wildman–Crippen LogP) is 1.97. The van der Waals surface area contributed by atoms with Gasteiger partial charge >= 0.3 is 7.05 Å². The summed E-state index contributed by atoms with van der Waals surface area (Å²) < 4.78 is 27.3. The second kappa shape index (κ2) is 6.65. The Morgan fingerprint density at radius 3 is 2.35 bits per heavy atom. The van der Waals surface area contributed by atoms with Crippen LogP contribution in [0.4, 0.5) is 8.78 Å². The maximum Gasteiger partial charge on any atom is 0.376 e. The zero-order valence-corrected chi connectivity index (χ0v) is 12.0. The Morgan fingerprint density at radius 1 is 1.30 bits per heavy atom. The summed E-state index contributed by atoms with van der Waals surface area (Å²) >= 11 is 0. The largest absolute Gasteiger partial charge is 0.437 e. The quantitative estimate of drug-likeness (QED) is 0.855. The molecule has 0 radical (unpaired) electrons. The van der Waals surface area contributed by atoms with Gasteiger partial charge in [0.15, 0.2) is 0 Å². The Balaban J connectivity index is 1.94. The van der Waals surface area contributed by atoms with Gasteiger partial charge in [0.05, 0.1) is 0 Å². The lowest BCUT2D eigenvalue weighted by Gasteiger charge is -2.37. The van der Waals surface area contributed by atoms with E-state index in [9.17, 15) is 13.8 Å². The fourth-order valence-electron chi connectivity index (χ4n) is 2.76. The smallest absolute Gasteiger partial charge is 0.376 e. The highest BCUT2D eigenvalue weighted by molar-refractivity contribution is 6.45. The molecule has 1 aliphatic rings. The first-order valence-electron chi connectivity index (χ1n) is 7.04. The maximum atomic E-state index is 13.6. The first-order valence-corrected chi connectivity index (χ1v) is 7.04. The van der Waals surface area contributed by atoms with Gasteiger partial charge in [-0.3, -0.25) is 4.90 Å². The van der Waals surface area contributed by atoms with Crippen LogP contribution in [-0.2, 0) is 6.54 Å². The molecule has 20 heavy (non-hydrogen) atoms. The van der Waals surface area contributed by atoms with Crippen molar-refractivity contribution in [3.8, 4) is 0 Å². The molecule has 1 heterocycles. The maximum absolute atomic E-state index is 13.6. The molecule has 0 bridgehead atoms. The van der Waals surface area contributed by atoms with Crippen molar-refractivity contribution in [2.24, 2.45) is 0 Å². The summed E-state index contributed by atoms with van der Waals surface area (Å²) in [7, 11) is 1.47. The lowest BCUT2D eigenvalue weighted by Crippen LogP contribution is -2.48. The van der Waals surface area contributed by atoms with E-state index in [1.807, 2.05) is 16.8 Å². The van der Waals surface area contributed by atoms with Crippen LogP contribution in [0.3, 0.4) is 0 Å². The van der Waals surface area contributed by atoms with E-state index in [0.29, 0.717) is 6.04 Å². The average Bonchev–Trinajstić information content (AvgIpc) is 2.43. The molecule has 1 saturated heterocycles. The van der Waals surface area contributed by atoms with E-state index in [2.05, 4.69) is 0 Å². The zero-order chi connectivity index (χ0) is 14.7. The molecule has 0 spiro atoms. The Labute approximate surface area is 119 Å². The van der Waals surface area contributed by atoms with Crippen molar-refractivity contribution in [1.82, 2.24) is 9.71 Å². The molecule has 1 fully saturated rings.